The third kappa shape index (κ3) is 3.83. The summed E-state index contributed by atoms with van der Waals surface area (Å²) in [4.78, 5) is 0. The number of rotatable bonds is 5. The highest BCUT2D eigenvalue weighted by Gasteiger charge is 2.22. The number of hydrogen-bond donors (Lipinski definition) is 1. The molecule has 0 aliphatic carbocycles. The van der Waals surface area contributed by atoms with Crippen LogP contribution in [-0.2, 0) is 0 Å². The lowest BCUT2D eigenvalue weighted by Gasteiger charge is -2.25. The number of benzene rings is 2. The maximum atomic E-state index is 14.1. The molecule has 0 fully saturated rings. The summed E-state index contributed by atoms with van der Waals surface area (Å²) in [5.74, 6) is -0.0882. The first-order valence-electron chi connectivity index (χ1n) is 6.95. The molecule has 0 aromatic heterocycles. The molecule has 0 saturated carbocycles. The van der Waals surface area contributed by atoms with Gasteiger partial charge in [-0.1, -0.05) is 47.1 Å². The van der Waals surface area contributed by atoms with Crippen molar-refractivity contribution in [2.45, 2.75) is 32.4 Å². The van der Waals surface area contributed by atoms with Crippen molar-refractivity contribution in [3.05, 3.63) is 63.9 Å². The number of hydrogen-bond acceptors (Lipinski definition) is 2. The van der Waals surface area contributed by atoms with Gasteiger partial charge in [-0.05, 0) is 42.7 Å². The minimum absolute atomic E-state index is 0.203. The average molecular weight is 352 g/mol. The third-order valence-corrected chi connectivity index (χ3v) is 4.00. The normalized spacial score (nSPS) is 13.8. The second kappa shape index (κ2) is 7.05. The quantitative estimate of drug-likeness (QED) is 0.843. The molecule has 0 bridgehead atoms. The highest BCUT2D eigenvalue weighted by Crippen LogP contribution is 2.29. The van der Waals surface area contributed by atoms with E-state index in [1.165, 1.54) is 0 Å². The fourth-order valence-electron chi connectivity index (χ4n) is 2.12. The lowest BCUT2D eigenvalue weighted by Crippen LogP contribution is -2.31. The Morgan fingerprint density at radius 3 is 2.48 bits per heavy atom. The summed E-state index contributed by atoms with van der Waals surface area (Å²) in [6.07, 6.45) is 0.369. The van der Waals surface area contributed by atoms with Crippen LogP contribution in [0.1, 0.15) is 30.6 Å². The molecule has 2 aromatic carbocycles. The number of halogens is 2. The van der Waals surface area contributed by atoms with Crippen molar-refractivity contribution in [1.29, 1.82) is 0 Å². The summed E-state index contributed by atoms with van der Waals surface area (Å²) in [6.45, 7) is 3.71. The fourth-order valence-corrected chi connectivity index (χ4v) is 2.38. The molecule has 0 aliphatic heterocycles. The van der Waals surface area contributed by atoms with Crippen LogP contribution in [0.2, 0.25) is 0 Å². The smallest absolute Gasteiger partial charge is 0.167 e. The van der Waals surface area contributed by atoms with Crippen LogP contribution in [0.3, 0.4) is 0 Å². The number of nitrogens with two attached hydrogens (primary N) is 1. The Bertz CT molecular complexity index is 600. The van der Waals surface area contributed by atoms with E-state index in [1.54, 1.807) is 25.1 Å². The molecule has 4 heteroatoms. The summed E-state index contributed by atoms with van der Waals surface area (Å²) >= 11 is 3.40. The molecule has 0 spiro atoms. The molecule has 2 aromatic rings. The molecule has 0 radical (unpaired) electrons. The fraction of sp³-hybridized carbons (Fsp3) is 0.294. The Morgan fingerprint density at radius 2 is 1.86 bits per heavy atom. The molecule has 2 atom stereocenters. The van der Waals surface area contributed by atoms with Gasteiger partial charge in [0.05, 0.1) is 0 Å². The van der Waals surface area contributed by atoms with E-state index in [0.717, 1.165) is 16.5 Å². The zero-order chi connectivity index (χ0) is 15.4. The van der Waals surface area contributed by atoms with E-state index in [9.17, 15) is 4.39 Å². The molecule has 0 amide bonds. The summed E-state index contributed by atoms with van der Waals surface area (Å²) in [5.41, 5.74) is 7.66. The molecule has 21 heavy (non-hydrogen) atoms. The van der Waals surface area contributed by atoms with Crippen molar-refractivity contribution in [3.8, 4) is 5.75 Å². The van der Waals surface area contributed by atoms with E-state index < -0.39 is 0 Å². The predicted molar refractivity (Wildman–Crippen MR) is 86.9 cm³/mol. The van der Waals surface area contributed by atoms with E-state index in [4.69, 9.17) is 10.5 Å². The first-order valence-corrected chi connectivity index (χ1v) is 7.75. The Hall–Kier alpha value is -1.39. The van der Waals surface area contributed by atoms with Gasteiger partial charge in [0.2, 0.25) is 0 Å². The monoisotopic (exact) mass is 351 g/mol. The molecule has 112 valence electrons. The SMILES string of the molecule is CCC(N)C(Oc1cccc(C)c1F)c1ccc(Br)cc1. The van der Waals surface area contributed by atoms with Crippen molar-refractivity contribution in [2.75, 3.05) is 0 Å². The van der Waals surface area contributed by atoms with Gasteiger partial charge in [0, 0.05) is 10.5 Å². The van der Waals surface area contributed by atoms with Gasteiger partial charge in [-0.2, -0.15) is 0 Å². The van der Waals surface area contributed by atoms with Gasteiger partial charge in [-0.3, -0.25) is 0 Å². The zero-order valence-corrected chi connectivity index (χ0v) is 13.7. The van der Waals surface area contributed by atoms with Crippen LogP contribution in [-0.4, -0.2) is 6.04 Å². The van der Waals surface area contributed by atoms with Crippen molar-refractivity contribution >= 4 is 15.9 Å². The lowest BCUT2D eigenvalue weighted by molar-refractivity contribution is 0.163. The van der Waals surface area contributed by atoms with Crippen LogP contribution in [0, 0.1) is 12.7 Å². The van der Waals surface area contributed by atoms with Crippen molar-refractivity contribution < 1.29 is 9.13 Å². The van der Waals surface area contributed by atoms with Gasteiger partial charge in [0.1, 0.15) is 6.10 Å². The van der Waals surface area contributed by atoms with E-state index in [1.807, 2.05) is 31.2 Å². The van der Waals surface area contributed by atoms with Gasteiger partial charge in [0.15, 0.2) is 11.6 Å². The van der Waals surface area contributed by atoms with E-state index >= 15 is 0 Å². The number of ether oxygens (including phenoxy) is 1. The molecular formula is C17H19BrFNO. The zero-order valence-electron chi connectivity index (χ0n) is 12.1. The lowest BCUT2D eigenvalue weighted by atomic mass is 10.0. The summed E-state index contributed by atoms with van der Waals surface area (Å²) in [6, 6.07) is 12.7. The topological polar surface area (TPSA) is 35.2 Å². The van der Waals surface area contributed by atoms with E-state index in [2.05, 4.69) is 15.9 Å². The molecular weight excluding hydrogens is 333 g/mol. The van der Waals surface area contributed by atoms with Gasteiger partial charge in [0.25, 0.3) is 0 Å². The largest absolute Gasteiger partial charge is 0.481 e. The minimum atomic E-state index is -0.376. The maximum absolute atomic E-state index is 14.1. The molecule has 0 aliphatic rings. The van der Waals surface area contributed by atoms with Crippen LogP contribution in [0.5, 0.6) is 5.75 Å². The Kier molecular flexibility index (Phi) is 5.37. The first-order chi connectivity index (χ1) is 10.0. The second-order valence-electron chi connectivity index (χ2n) is 5.05. The van der Waals surface area contributed by atoms with E-state index in [-0.39, 0.29) is 23.7 Å². The highest BCUT2D eigenvalue weighted by atomic mass is 79.9. The molecule has 2 N–H and O–H groups in total. The van der Waals surface area contributed by atoms with Gasteiger partial charge in [-0.15, -0.1) is 0 Å². The first kappa shape index (κ1) is 16.0. The highest BCUT2D eigenvalue weighted by molar-refractivity contribution is 9.10. The molecule has 0 heterocycles. The van der Waals surface area contributed by atoms with Crippen LogP contribution >= 0.6 is 15.9 Å². The summed E-state index contributed by atoms with van der Waals surface area (Å²) < 4.78 is 21.0. The predicted octanol–water partition coefficient (Wildman–Crippen LogP) is 4.75. The van der Waals surface area contributed by atoms with Crippen molar-refractivity contribution in [2.24, 2.45) is 5.73 Å². The summed E-state index contributed by atoms with van der Waals surface area (Å²) in [5, 5.41) is 0. The van der Waals surface area contributed by atoms with Crippen LogP contribution in [0.15, 0.2) is 46.9 Å². The Morgan fingerprint density at radius 1 is 1.19 bits per heavy atom. The van der Waals surface area contributed by atoms with Crippen molar-refractivity contribution in [1.82, 2.24) is 0 Å². The second-order valence-corrected chi connectivity index (χ2v) is 5.96. The van der Waals surface area contributed by atoms with Gasteiger partial charge in [-0.25, -0.2) is 4.39 Å². The van der Waals surface area contributed by atoms with Gasteiger partial charge < -0.3 is 10.5 Å². The minimum Gasteiger partial charge on any atom is -0.481 e. The Balaban J connectivity index is 2.33. The van der Waals surface area contributed by atoms with Gasteiger partial charge >= 0.3 is 0 Å². The summed E-state index contributed by atoms with van der Waals surface area (Å²) in [7, 11) is 0. The molecule has 0 saturated heterocycles. The maximum Gasteiger partial charge on any atom is 0.167 e. The molecule has 2 nitrogen and oxygen atoms in total. The third-order valence-electron chi connectivity index (χ3n) is 3.47. The standard InChI is InChI=1S/C17H19BrFNO/c1-3-14(20)17(12-7-9-13(18)10-8-12)21-15-6-4-5-11(2)16(15)19/h4-10,14,17H,3,20H2,1-2H3. The van der Waals surface area contributed by atoms with Crippen molar-refractivity contribution in [3.63, 3.8) is 0 Å². The van der Waals surface area contributed by atoms with Crippen LogP contribution < -0.4 is 10.5 Å². The van der Waals surface area contributed by atoms with E-state index in [0.29, 0.717) is 5.56 Å². The molecule has 2 rings (SSSR count). The average Bonchev–Trinajstić information content (AvgIpc) is 2.49. The van der Waals surface area contributed by atoms with Crippen LogP contribution in [0.25, 0.3) is 0 Å². The Labute approximate surface area is 133 Å². The number of aryl methyl sites for hydroxylation is 1. The molecule has 2 unspecified atom stereocenters. The van der Waals surface area contributed by atoms with Crippen LogP contribution in [0.4, 0.5) is 4.39 Å².